The molecule has 1 aromatic carbocycles. The molecule has 0 spiro atoms. The van der Waals surface area contributed by atoms with Crippen molar-refractivity contribution >= 4 is 44.4 Å². The Hall–Kier alpha value is -1.000. The number of carbonyl (C=O) groups is 1. The van der Waals surface area contributed by atoms with E-state index < -0.39 is 5.97 Å². The standard InChI is InChI=1S/C10H7BrClNO2/c1-15-10(14)9-8(11)6-3-2-5(12)4-7(6)13-9/h2-4,13H,1H3. The zero-order valence-corrected chi connectivity index (χ0v) is 10.1. The Morgan fingerprint density at radius 2 is 2.27 bits per heavy atom. The van der Waals surface area contributed by atoms with E-state index in [0.717, 1.165) is 10.9 Å². The topological polar surface area (TPSA) is 42.1 Å². The lowest BCUT2D eigenvalue weighted by Gasteiger charge is -1.94. The molecular formula is C10H7BrClNO2. The predicted octanol–water partition coefficient (Wildman–Crippen LogP) is 3.37. The summed E-state index contributed by atoms with van der Waals surface area (Å²) in [5.41, 5.74) is 1.20. The van der Waals surface area contributed by atoms with Crippen molar-refractivity contribution in [1.82, 2.24) is 4.98 Å². The maximum absolute atomic E-state index is 11.4. The van der Waals surface area contributed by atoms with E-state index >= 15 is 0 Å². The number of esters is 1. The summed E-state index contributed by atoms with van der Waals surface area (Å²) in [5, 5.41) is 1.52. The lowest BCUT2D eigenvalue weighted by Crippen LogP contribution is -2.01. The SMILES string of the molecule is COC(=O)c1[nH]c2cc(Cl)ccc2c1Br. The Balaban J connectivity index is 2.69. The molecule has 1 heterocycles. The molecular weight excluding hydrogens is 281 g/mol. The molecule has 2 aromatic rings. The van der Waals surface area contributed by atoms with Crippen LogP contribution in [0.5, 0.6) is 0 Å². The number of hydrogen-bond acceptors (Lipinski definition) is 2. The van der Waals surface area contributed by atoms with Crippen molar-refractivity contribution < 1.29 is 9.53 Å². The van der Waals surface area contributed by atoms with Crippen molar-refractivity contribution in [2.24, 2.45) is 0 Å². The molecule has 0 atom stereocenters. The van der Waals surface area contributed by atoms with Crippen LogP contribution < -0.4 is 0 Å². The van der Waals surface area contributed by atoms with Crippen molar-refractivity contribution in [3.05, 3.63) is 33.4 Å². The fourth-order valence-corrected chi connectivity index (χ4v) is 2.16. The number of hydrogen-bond donors (Lipinski definition) is 1. The number of methoxy groups -OCH3 is 1. The molecule has 1 aromatic heterocycles. The Labute approximate surface area is 99.5 Å². The van der Waals surface area contributed by atoms with E-state index in [4.69, 9.17) is 11.6 Å². The van der Waals surface area contributed by atoms with Crippen LogP contribution in [0.1, 0.15) is 10.5 Å². The normalized spacial score (nSPS) is 10.6. The molecule has 3 nitrogen and oxygen atoms in total. The maximum atomic E-state index is 11.4. The molecule has 2 rings (SSSR count). The Kier molecular flexibility index (Phi) is 2.71. The third-order valence-corrected chi connectivity index (χ3v) is 3.15. The minimum atomic E-state index is -0.408. The molecule has 78 valence electrons. The third-order valence-electron chi connectivity index (χ3n) is 2.09. The van der Waals surface area contributed by atoms with Crippen LogP contribution in [-0.4, -0.2) is 18.1 Å². The predicted molar refractivity (Wildman–Crippen MR) is 62.3 cm³/mol. The fourth-order valence-electron chi connectivity index (χ4n) is 1.38. The number of benzene rings is 1. The summed E-state index contributed by atoms with van der Waals surface area (Å²) in [4.78, 5) is 14.3. The highest BCUT2D eigenvalue weighted by atomic mass is 79.9. The number of halogens is 2. The van der Waals surface area contributed by atoms with Crippen molar-refractivity contribution in [1.29, 1.82) is 0 Å². The van der Waals surface area contributed by atoms with Crippen molar-refractivity contribution in [2.45, 2.75) is 0 Å². The number of aromatic nitrogens is 1. The first-order chi connectivity index (χ1) is 7.13. The summed E-state index contributed by atoms with van der Waals surface area (Å²) in [6.07, 6.45) is 0. The largest absolute Gasteiger partial charge is 0.464 e. The number of nitrogens with one attached hydrogen (secondary N) is 1. The number of rotatable bonds is 1. The molecule has 0 radical (unpaired) electrons. The van der Waals surface area contributed by atoms with Crippen LogP contribution in [0.4, 0.5) is 0 Å². The quantitative estimate of drug-likeness (QED) is 0.818. The summed E-state index contributed by atoms with van der Waals surface area (Å²) < 4.78 is 5.34. The average molecular weight is 289 g/mol. The smallest absolute Gasteiger partial charge is 0.355 e. The van der Waals surface area contributed by atoms with Crippen LogP contribution in [0.15, 0.2) is 22.7 Å². The summed E-state index contributed by atoms with van der Waals surface area (Å²) in [6.45, 7) is 0. The van der Waals surface area contributed by atoms with Crippen LogP contribution in [0.3, 0.4) is 0 Å². The van der Waals surface area contributed by atoms with Crippen LogP contribution in [0.2, 0.25) is 5.02 Å². The third kappa shape index (κ3) is 1.75. The molecule has 0 unspecified atom stereocenters. The summed E-state index contributed by atoms with van der Waals surface area (Å²) >= 11 is 9.18. The van der Waals surface area contributed by atoms with Crippen molar-refractivity contribution in [3.63, 3.8) is 0 Å². The Morgan fingerprint density at radius 3 is 2.93 bits per heavy atom. The van der Waals surface area contributed by atoms with E-state index in [9.17, 15) is 4.79 Å². The molecule has 0 saturated heterocycles. The number of H-pyrrole nitrogens is 1. The highest BCUT2D eigenvalue weighted by molar-refractivity contribution is 9.10. The first-order valence-electron chi connectivity index (χ1n) is 4.18. The van der Waals surface area contributed by atoms with Gasteiger partial charge in [-0.1, -0.05) is 17.7 Å². The van der Waals surface area contributed by atoms with Gasteiger partial charge in [0.15, 0.2) is 0 Å². The molecule has 1 N–H and O–H groups in total. The van der Waals surface area contributed by atoms with Gasteiger partial charge in [0.1, 0.15) is 5.69 Å². The monoisotopic (exact) mass is 287 g/mol. The van der Waals surface area contributed by atoms with Crippen LogP contribution in [0, 0.1) is 0 Å². The van der Waals surface area contributed by atoms with Gasteiger partial charge in [-0.25, -0.2) is 4.79 Å². The lowest BCUT2D eigenvalue weighted by atomic mass is 10.2. The molecule has 0 amide bonds. The second-order valence-corrected chi connectivity index (χ2v) is 4.22. The molecule has 15 heavy (non-hydrogen) atoms. The molecule has 0 bridgehead atoms. The Morgan fingerprint density at radius 1 is 1.53 bits per heavy atom. The first-order valence-corrected chi connectivity index (χ1v) is 5.35. The minimum Gasteiger partial charge on any atom is -0.464 e. The zero-order valence-electron chi connectivity index (χ0n) is 7.80. The number of fused-ring (bicyclic) bond motifs is 1. The van der Waals surface area contributed by atoms with Gasteiger partial charge >= 0.3 is 5.97 Å². The van der Waals surface area contributed by atoms with Crippen LogP contribution in [-0.2, 0) is 4.74 Å². The van der Waals surface area contributed by atoms with E-state index in [1.54, 1.807) is 12.1 Å². The number of carbonyl (C=O) groups excluding carboxylic acids is 1. The van der Waals surface area contributed by atoms with Gasteiger partial charge in [-0.3, -0.25) is 0 Å². The summed E-state index contributed by atoms with van der Waals surface area (Å²) in [7, 11) is 1.34. The molecule has 0 fully saturated rings. The summed E-state index contributed by atoms with van der Waals surface area (Å²) in [5.74, 6) is -0.408. The number of aromatic amines is 1. The van der Waals surface area contributed by atoms with Gasteiger partial charge in [0, 0.05) is 15.9 Å². The van der Waals surface area contributed by atoms with Crippen LogP contribution in [0.25, 0.3) is 10.9 Å². The highest BCUT2D eigenvalue weighted by Gasteiger charge is 2.16. The second kappa shape index (κ2) is 3.87. The first kappa shape index (κ1) is 10.5. The van der Waals surface area contributed by atoms with Crippen molar-refractivity contribution in [2.75, 3.05) is 7.11 Å². The lowest BCUT2D eigenvalue weighted by molar-refractivity contribution is 0.0594. The fraction of sp³-hybridized carbons (Fsp3) is 0.100. The maximum Gasteiger partial charge on any atom is 0.355 e. The second-order valence-electron chi connectivity index (χ2n) is 3.00. The molecule has 0 aliphatic carbocycles. The van der Waals surface area contributed by atoms with Gasteiger partial charge in [-0.05, 0) is 28.1 Å². The van der Waals surface area contributed by atoms with E-state index in [0.29, 0.717) is 15.2 Å². The van der Waals surface area contributed by atoms with Crippen LogP contribution >= 0.6 is 27.5 Å². The molecule has 0 aliphatic heterocycles. The molecule has 0 aliphatic rings. The highest BCUT2D eigenvalue weighted by Crippen LogP contribution is 2.29. The van der Waals surface area contributed by atoms with Gasteiger partial charge in [0.25, 0.3) is 0 Å². The molecule has 0 saturated carbocycles. The van der Waals surface area contributed by atoms with Gasteiger partial charge < -0.3 is 9.72 Å². The zero-order chi connectivity index (χ0) is 11.0. The van der Waals surface area contributed by atoms with Crippen molar-refractivity contribution in [3.8, 4) is 0 Å². The van der Waals surface area contributed by atoms with Gasteiger partial charge in [-0.2, -0.15) is 0 Å². The average Bonchev–Trinajstić information content (AvgIpc) is 2.54. The van der Waals surface area contributed by atoms with Gasteiger partial charge in [-0.15, -0.1) is 0 Å². The minimum absolute atomic E-state index is 0.398. The Bertz CT molecular complexity index is 535. The van der Waals surface area contributed by atoms with E-state index in [1.807, 2.05) is 6.07 Å². The van der Waals surface area contributed by atoms with Gasteiger partial charge in [0.05, 0.1) is 11.6 Å². The number of ether oxygens (including phenoxy) is 1. The van der Waals surface area contributed by atoms with E-state index in [-0.39, 0.29) is 0 Å². The van der Waals surface area contributed by atoms with E-state index in [1.165, 1.54) is 7.11 Å². The van der Waals surface area contributed by atoms with E-state index in [2.05, 4.69) is 25.7 Å². The van der Waals surface area contributed by atoms with Gasteiger partial charge in [0.2, 0.25) is 0 Å². The molecule has 5 heteroatoms. The summed E-state index contributed by atoms with van der Waals surface area (Å²) in [6, 6.07) is 5.36.